The van der Waals surface area contributed by atoms with Crippen LogP contribution in [0.3, 0.4) is 0 Å². The van der Waals surface area contributed by atoms with Crippen molar-refractivity contribution in [3.05, 3.63) is 23.2 Å². The van der Waals surface area contributed by atoms with Crippen molar-refractivity contribution in [2.45, 2.75) is 6.54 Å². The summed E-state index contributed by atoms with van der Waals surface area (Å²) in [4.78, 5) is 7.65. The van der Waals surface area contributed by atoms with Crippen LogP contribution in [0.15, 0.2) is 12.4 Å². The molecule has 0 aliphatic heterocycles. The van der Waals surface area contributed by atoms with Crippen LogP contribution in [-0.2, 0) is 6.54 Å². The summed E-state index contributed by atoms with van der Waals surface area (Å²) in [5.41, 5.74) is 0. The molecule has 54 valence electrons. The number of rotatable bonds is 2. The molecule has 0 saturated heterocycles. The van der Waals surface area contributed by atoms with E-state index in [0.29, 0.717) is 10.8 Å². The van der Waals surface area contributed by atoms with Crippen LogP contribution in [0.4, 0.5) is 0 Å². The maximum absolute atomic E-state index is 6.86. The molecular formula is C6H8ClN3. The molecule has 0 fully saturated rings. The second kappa shape index (κ2) is 3.49. The van der Waals surface area contributed by atoms with Gasteiger partial charge in [-0.3, -0.25) is 0 Å². The van der Waals surface area contributed by atoms with Gasteiger partial charge in [-0.15, -0.1) is 0 Å². The third-order valence-corrected chi connectivity index (χ3v) is 1.12. The fourth-order valence-electron chi connectivity index (χ4n) is 0.509. The predicted molar refractivity (Wildman–Crippen MR) is 39.8 cm³/mol. The Morgan fingerprint density at radius 2 is 2.40 bits per heavy atom. The van der Waals surface area contributed by atoms with E-state index in [2.05, 4.69) is 15.3 Å². The first-order valence-electron chi connectivity index (χ1n) is 4.19. The minimum atomic E-state index is -2.16. The molecule has 0 spiro atoms. The molecule has 0 radical (unpaired) electrons. The highest BCUT2D eigenvalue weighted by Gasteiger charge is 1.91. The molecule has 1 rings (SSSR count). The Morgan fingerprint density at radius 1 is 1.70 bits per heavy atom. The maximum Gasteiger partial charge on any atom is 0.142 e. The molecular weight excluding hydrogens is 150 g/mol. The molecule has 10 heavy (non-hydrogen) atoms. The van der Waals surface area contributed by atoms with Gasteiger partial charge >= 0.3 is 0 Å². The average molecular weight is 161 g/mol. The number of halogens is 1. The summed E-state index contributed by atoms with van der Waals surface area (Å²) in [6.45, 7) is -2.06. The number of hydrogen-bond donors (Lipinski definition) is 1. The van der Waals surface area contributed by atoms with Gasteiger partial charge in [0.25, 0.3) is 0 Å². The molecule has 0 aromatic carbocycles. The van der Waals surface area contributed by atoms with Crippen LogP contribution >= 0.6 is 11.6 Å². The smallest absolute Gasteiger partial charge is 0.142 e. The average Bonchev–Trinajstić information content (AvgIpc) is 2.02. The molecule has 0 aliphatic carbocycles. The van der Waals surface area contributed by atoms with Gasteiger partial charge in [-0.1, -0.05) is 11.6 Å². The molecule has 4 heteroatoms. The zero-order valence-electron chi connectivity index (χ0n) is 8.13. The van der Waals surface area contributed by atoms with Crippen LogP contribution < -0.4 is 5.32 Å². The van der Waals surface area contributed by atoms with Gasteiger partial charge in [0.2, 0.25) is 0 Å². The molecule has 1 aromatic heterocycles. The SMILES string of the molecule is [2H]C([2H])([2H])NCc1ncc(Cl)cn1. The Balaban J connectivity index is 2.51. The molecule has 1 aromatic rings. The first kappa shape index (κ1) is 4.26. The van der Waals surface area contributed by atoms with Crippen molar-refractivity contribution in [3.63, 3.8) is 0 Å². The van der Waals surface area contributed by atoms with Crippen molar-refractivity contribution in [2.24, 2.45) is 0 Å². The summed E-state index contributed by atoms with van der Waals surface area (Å²) in [6, 6.07) is 0. The third-order valence-electron chi connectivity index (χ3n) is 0.920. The molecule has 0 atom stereocenters. The van der Waals surface area contributed by atoms with Gasteiger partial charge in [-0.25, -0.2) is 9.97 Å². The summed E-state index contributed by atoms with van der Waals surface area (Å²) in [7, 11) is 0. The fraction of sp³-hybridized carbons (Fsp3) is 0.333. The minimum absolute atomic E-state index is 0.105. The Morgan fingerprint density at radius 3 is 3.00 bits per heavy atom. The van der Waals surface area contributed by atoms with Crippen LogP contribution in [0, 0.1) is 0 Å². The van der Waals surface area contributed by atoms with Crippen molar-refractivity contribution in [1.82, 2.24) is 15.3 Å². The Labute approximate surface area is 68.7 Å². The lowest BCUT2D eigenvalue weighted by Gasteiger charge is -1.95. The first-order valence-corrected chi connectivity index (χ1v) is 3.07. The maximum atomic E-state index is 6.86. The van der Waals surface area contributed by atoms with E-state index in [1.54, 1.807) is 0 Å². The van der Waals surface area contributed by atoms with Crippen LogP contribution in [0.1, 0.15) is 9.94 Å². The number of nitrogens with one attached hydrogen (secondary N) is 1. The van der Waals surface area contributed by atoms with E-state index in [0.717, 1.165) is 0 Å². The van der Waals surface area contributed by atoms with Gasteiger partial charge in [0.1, 0.15) is 5.82 Å². The Bertz CT molecular complexity index is 271. The second-order valence-corrected chi connectivity index (χ2v) is 2.11. The topological polar surface area (TPSA) is 37.8 Å². The second-order valence-electron chi connectivity index (χ2n) is 1.67. The number of nitrogens with zero attached hydrogens (tertiary/aromatic N) is 2. The van der Waals surface area contributed by atoms with Crippen LogP contribution in [-0.4, -0.2) is 16.9 Å². The highest BCUT2D eigenvalue weighted by atomic mass is 35.5. The highest BCUT2D eigenvalue weighted by Crippen LogP contribution is 2.01. The molecule has 0 aliphatic rings. The van der Waals surface area contributed by atoms with E-state index < -0.39 is 6.98 Å². The number of hydrogen-bond acceptors (Lipinski definition) is 3. The molecule has 1 heterocycles. The minimum Gasteiger partial charge on any atom is -0.313 e. The first-order chi connectivity index (χ1) is 5.97. The molecule has 0 unspecified atom stereocenters. The lowest BCUT2D eigenvalue weighted by molar-refractivity contribution is 0.758. The zero-order valence-corrected chi connectivity index (χ0v) is 5.89. The summed E-state index contributed by atoms with van der Waals surface area (Å²) in [5, 5.41) is 2.72. The van der Waals surface area contributed by atoms with E-state index in [1.807, 2.05) is 0 Å². The molecule has 0 amide bonds. The Hall–Kier alpha value is -0.670. The van der Waals surface area contributed by atoms with Gasteiger partial charge in [0, 0.05) is 16.5 Å². The lowest BCUT2D eigenvalue weighted by Crippen LogP contribution is -2.08. The van der Waals surface area contributed by atoms with Crippen molar-refractivity contribution >= 4 is 11.6 Å². The van der Waals surface area contributed by atoms with Gasteiger partial charge in [-0.05, 0) is 6.98 Å². The number of aromatic nitrogens is 2. The van der Waals surface area contributed by atoms with Crippen molar-refractivity contribution in [2.75, 3.05) is 6.98 Å². The van der Waals surface area contributed by atoms with Gasteiger partial charge in [-0.2, -0.15) is 0 Å². The fourth-order valence-corrected chi connectivity index (χ4v) is 0.607. The molecule has 0 bridgehead atoms. The summed E-state index contributed by atoms with van der Waals surface area (Å²) in [6.07, 6.45) is 2.84. The lowest BCUT2D eigenvalue weighted by atomic mass is 10.5. The van der Waals surface area contributed by atoms with E-state index >= 15 is 0 Å². The Kier molecular flexibility index (Phi) is 1.48. The van der Waals surface area contributed by atoms with Gasteiger partial charge in [0.15, 0.2) is 0 Å². The normalized spacial score (nSPS) is 15.5. The van der Waals surface area contributed by atoms with E-state index in [-0.39, 0.29) is 6.54 Å². The van der Waals surface area contributed by atoms with Crippen LogP contribution in [0.2, 0.25) is 5.02 Å². The summed E-state index contributed by atoms with van der Waals surface area (Å²) >= 11 is 5.55. The molecule has 1 N–H and O–H groups in total. The zero-order chi connectivity index (χ0) is 9.90. The predicted octanol–water partition coefficient (Wildman–Crippen LogP) is 0.849. The monoisotopic (exact) mass is 160 g/mol. The van der Waals surface area contributed by atoms with Gasteiger partial charge in [0.05, 0.1) is 11.6 Å². The van der Waals surface area contributed by atoms with Gasteiger partial charge < -0.3 is 5.32 Å². The van der Waals surface area contributed by atoms with E-state index in [9.17, 15) is 0 Å². The standard InChI is InChI=1S/C6H8ClN3/c1-8-4-6-9-2-5(7)3-10-6/h2-3,8H,4H2,1H3/i1D3. The van der Waals surface area contributed by atoms with E-state index in [1.165, 1.54) is 12.4 Å². The van der Waals surface area contributed by atoms with E-state index in [4.69, 9.17) is 15.7 Å². The third kappa shape index (κ3) is 1.93. The van der Waals surface area contributed by atoms with Crippen molar-refractivity contribution in [3.8, 4) is 0 Å². The largest absolute Gasteiger partial charge is 0.313 e. The molecule has 3 nitrogen and oxygen atoms in total. The van der Waals surface area contributed by atoms with Crippen LogP contribution in [0.25, 0.3) is 0 Å². The molecule has 0 saturated carbocycles. The quantitative estimate of drug-likeness (QED) is 0.697. The highest BCUT2D eigenvalue weighted by molar-refractivity contribution is 6.30. The van der Waals surface area contributed by atoms with Crippen LogP contribution in [0.5, 0.6) is 0 Å². The van der Waals surface area contributed by atoms with Crippen molar-refractivity contribution in [1.29, 1.82) is 0 Å². The summed E-state index contributed by atoms with van der Waals surface area (Å²) < 4.78 is 20.6. The van der Waals surface area contributed by atoms with Crippen molar-refractivity contribution < 1.29 is 4.11 Å². The summed E-state index contributed by atoms with van der Waals surface area (Å²) in [5.74, 6) is 0.403.